The van der Waals surface area contributed by atoms with E-state index in [9.17, 15) is 0 Å². The van der Waals surface area contributed by atoms with E-state index in [-0.39, 0.29) is 5.41 Å². The van der Waals surface area contributed by atoms with Crippen LogP contribution in [0.1, 0.15) is 25.0 Å². The molecule has 0 bridgehead atoms. The Kier molecular flexibility index (Phi) is 7.89. The second-order valence-corrected chi connectivity index (χ2v) is 18.8. The minimum absolute atomic E-state index is 0.198. The van der Waals surface area contributed by atoms with E-state index in [1.165, 1.54) is 108 Å². The third-order valence-corrected chi connectivity index (χ3v) is 14.9. The molecule has 1 nitrogen and oxygen atoms in total. The lowest BCUT2D eigenvalue weighted by Crippen LogP contribution is -2.17. The molecule has 0 saturated carbocycles. The van der Waals surface area contributed by atoms with E-state index in [2.05, 4.69) is 231 Å². The van der Waals surface area contributed by atoms with Gasteiger partial charge in [-0.05, 0) is 143 Å². The van der Waals surface area contributed by atoms with Gasteiger partial charge in [-0.1, -0.05) is 166 Å². The van der Waals surface area contributed by atoms with Crippen molar-refractivity contribution < 1.29 is 0 Å². The molecule has 12 aromatic rings. The number of anilines is 3. The standard InChI is InChI=1S/C61H41NS/c1-61(2)55-35-41-17-6-5-16-40(41)33-53(55)50-30-28-44(36-56(50)61)62(45-29-31-52-51-22-11-12-25-58(51)63-59(52)37-45)57-24-13-23-47(43-27-26-38-14-3-4-15-39(38)32-43)60(57)54-34-42-18-7-8-19-46(42)48-20-9-10-21-49(48)54/h3-37H,1-2H3. The second kappa shape index (κ2) is 13.7. The van der Waals surface area contributed by atoms with Crippen LogP contribution in [-0.4, -0.2) is 0 Å². The fraction of sp³-hybridized carbons (Fsp3) is 0.0492. The van der Waals surface area contributed by atoms with Crippen LogP contribution in [0.25, 0.3) is 96.6 Å². The molecule has 0 spiro atoms. The molecule has 0 amide bonds. The number of hydrogen-bond donors (Lipinski definition) is 0. The maximum atomic E-state index is 2.55. The summed E-state index contributed by atoms with van der Waals surface area (Å²) in [5.41, 5.74) is 13.4. The molecule has 0 N–H and O–H groups in total. The van der Waals surface area contributed by atoms with E-state index in [1.54, 1.807) is 0 Å². The third-order valence-electron chi connectivity index (χ3n) is 13.8. The predicted octanol–water partition coefficient (Wildman–Crippen LogP) is 17.8. The molecular formula is C61H41NS. The molecule has 296 valence electrons. The van der Waals surface area contributed by atoms with Crippen molar-refractivity contribution in [3.8, 4) is 33.4 Å². The van der Waals surface area contributed by atoms with Gasteiger partial charge in [0.05, 0.1) is 5.69 Å². The van der Waals surface area contributed by atoms with Gasteiger partial charge in [0.2, 0.25) is 0 Å². The largest absolute Gasteiger partial charge is 0.310 e. The Morgan fingerprint density at radius 1 is 0.349 bits per heavy atom. The minimum atomic E-state index is -0.198. The summed E-state index contributed by atoms with van der Waals surface area (Å²) in [6.07, 6.45) is 0. The van der Waals surface area contributed by atoms with Crippen molar-refractivity contribution in [1.82, 2.24) is 0 Å². The van der Waals surface area contributed by atoms with Gasteiger partial charge < -0.3 is 4.90 Å². The third kappa shape index (κ3) is 5.55. The smallest absolute Gasteiger partial charge is 0.0546 e. The summed E-state index contributed by atoms with van der Waals surface area (Å²) in [6.45, 7) is 4.80. The number of fused-ring (bicyclic) bond motifs is 11. The predicted molar refractivity (Wildman–Crippen MR) is 272 cm³/mol. The van der Waals surface area contributed by atoms with Crippen molar-refractivity contribution in [2.45, 2.75) is 19.3 Å². The van der Waals surface area contributed by atoms with E-state index in [0.717, 1.165) is 17.1 Å². The van der Waals surface area contributed by atoms with Gasteiger partial charge in [0, 0.05) is 42.5 Å². The van der Waals surface area contributed by atoms with E-state index in [4.69, 9.17) is 0 Å². The first-order chi connectivity index (χ1) is 31.0. The zero-order chi connectivity index (χ0) is 41.8. The first-order valence-electron chi connectivity index (χ1n) is 21.9. The number of nitrogens with zero attached hydrogens (tertiary/aromatic N) is 1. The maximum Gasteiger partial charge on any atom is 0.0546 e. The lowest BCUT2D eigenvalue weighted by atomic mass is 9.81. The van der Waals surface area contributed by atoms with Crippen molar-refractivity contribution in [2.24, 2.45) is 0 Å². The molecule has 1 aliphatic rings. The van der Waals surface area contributed by atoms with Crippen LogP contribution < -0.4 is 4.90 Å². The van der Waals surface area contributed by atoms with Crippen LogP contribution in [0.5, 0.6) is 0 Å². The Bertz CT molecular complexity index is 3850. The lowest BCUT2D eigenvalue weighted by molar-refractivity contribution is 0.661. The molecule has 0 aliphatic heterocycles. The van der Waals surface area contributed by atoms with Crippen LogP contribution in [-0.2, 0) is 5.41 Å². The average Bonchev–Trinajstić information content (AvgIpc) is 3.81. The van der Waals surface area contributed by atoms with Gasteiger partial charge in [-0.2, -0.15) is 0 Å². The Balaban J connectivity index is 1.12. The molecule has 0 radical (unpaired) electrons. The molecule has 1 heterocycles. The number of hydrogen-bond acceptors (Lipinski definition) is 2. The quantitative estimate of drug-likeness (QED) is 0.156. The zero-order valence-corrected chi connectivity index (χ0v) is 35.9. The van der Waals surface area contributed by atoms with Crippen LogP contribution in [0.3, 0.4) is 0 Å². The topological polar surface area (TPSA) is 3.24 Å². The maximum absolute atomic E-state index is 2.55. The summed E-state index contributed by atoms with van der Waals surface area (Å²) in [5, 5.41) is 12.6. The Morgan fingerprint density at radius 2 is 0.952 bits per heavy atom. The SMILES string of the molecule is CC1(C)c2cc(N(c3ccc4c(c3)sc3ccccc34)c3cccc(-c4ccc5ccccc5c4)c3-c3cc4ccccc4c4ccccc34)ccc2-c2cc3ccccc3cc21. The van der Waals surface area contributed by atoms with Gasteiger partial charge in [0.15, 0.2) is 0 Å². The molecule has 11 aromatic carbocycles. The lowest BCUT2D eigenvalue weighted by Gasteiger charge is -2.31. The molecule has 1 aliphatic carbocycles. The van der Waals surface area contributed by atoms with Gasteiger partial charge in [0.1, 0.15) is 0 Å². The van der Waals surface area contributed by atoms with Crippen LogP contribution in [0.2, 0.25) is 0 Å². The van der Waals surface area contributed by atoms with Gasteiger partial charge in [0.25, 0.3) is 0 Å². The van der Waals surface area contributed by atoms with Gasteiger partial charge in [-0.25, -0.2) is 0 Å². The highest BCUT2D eigenvalue weighted by atomic mass is 32.1. The molecular weight excluding hydrogens is 779 g/mol. The Labute approximate surface area is 370 Å². The van der Waals surface area contributed by atoms with Crippen molar-refractivity contribution in [3.05, 3.63) is 223 Å². The highest BCUT2D eigenvalue weighted by Gasteiger charge is 2.37. The molecule has 0 fully saturated rings. The summed E-state index contributed by atoms with van der Waals surface area (Å²) < 4.78 is 2.59. The molecule has 0 atom stereocenters. The van der Waals surface area contributed by atoms with Crippen LogP contribution in [0.15, 0.2) is 212 Å². The summed E-state index contributed by atoms with van der Waals surface area (Å²) in [7, 11) is 0. The molecule has 63 heavy (non-hydrogen) atoms. The first kappa shape index (κ1) is 36.2. The fourth-order valence-corrected chi connectivity index (χ4v) is 11.8. The molecule has 13 rings (SSSR count). The summed E-state index contributed by atoms with van der Waals surface area (Å²) in [6, 6.07) is 79.6. The average molecular weight is 820 g/mol. The highest BCUT2D eigenvalue weighted by Crippen LogP contribution is 2.54. The van der Waals surface area contributed by atoms with Crippen molar-refractivity contribution >= 4 is 91.7 Å². The normalized spacial score (nSPS) is 13.0. The van der Waals surface area contributed by atoms with Crippen LogP contribution >= 0.6 is 11.3 Å². The van der Waals surface area contributed by atoms with E-state index in [0.29, 0.717) is 0 Å². The minimum Gasteiger partial charge on any atom is -0.310 e. The Morgan fingerprint density at radius 3 is 1.78 bits per heavy atom. The van der Waals surface area contributed by atoms with E-state index < -0.39 is 0 Å². The number of benzene rings is 11. The summed E-state index contributed by atoms with van der Waals surface area (Å²) in [4.78, 5) is 2.55. The monoisotopic (exact) mass is 819 g/mol. The fourth-order valence-electron chi connectivity index (χ4n) is 10.7. The Hall–Kier alpha value is -7.52. The second-order valence-electron chi connectivity index (χ2n) is 17.7. The van der Waals surface area contributed by atoms with Gasteiger partial charge in [-0.3, -0.25) is 0 Å². The van der Waals surface area contributed by atoms with Gasteiger partial charge >= 0.3 is 0 Å². The zero-order valence-electron chi connectivity index (χ0n) is 35.1. The first-order valence-corrected chi connectivity index (χ1v) is 22.7. The molecule has 1 aromatic heterocycles. The van der Waals surface area contributed by atoms with E-state index >= 15 is 0 Å². The molecule has 2 heteroatoms. The number of rotatable bonds is 5. The molecule has 0 saturated heterocycles. The van der Waals surface area contributed by atoms with E-state index in [1.807, 2.05) is 11.3 Å². The number of thiophene rings is 1. The van der Waals surface area contributed by atoms with Crippen LogP contribution in [0.4, 0.5) is 17.1 Å². The van der Waals surface area contributed by atoms with Crippen LogP contribution in [0, 0.1) is 0 Å². The summed E-state index contributed by atoms with van der Waals surface area (Å²) in [5.74, 6) is 0. The van der Waals surface area contributed by atoms with Gasteiger partial charge in [-0.15, -0.1) is 11.3 Å². The van der Waals surface area contributed by atoms with Crippen molar-refractivity contribution in [1.29, 1.82) is 0 Å². The highest BCUT2D eigenvalue weighted by molar-refractivity contribution is 7.25. The summed E-state index contributed by atoms with van der Waals surface area (Å²) >= 11 is 1.87. The van der Waals surface area contributed by atoms with Crippen molar-refractivity contribution in [3.63, 3.8) is 0 Å². The van der Waals surface area contributed by atoms with Crippen molar-refractivity contribution in [2.75, 3.05) is 4.90 Å². The molecule has 0 unspecified atom stereocenters.